The van der Waals surface area contributed by atoms with Crippen molar-refractivity contribution in [2.75, 3.05) is 32.8 Å². The van der Waals surface area contributed by atoms with Crippen molar-refractivity contribution in [1.82, 2.24) is 9.62 Å². The summed E-state index contributed by atoms with van der Waals surface area (Å²) in [4.78, 5) is 2.55. The van der Waals surface area contributed by atoms with Gasteiger partial charge in [-0.05, 0) is 26.0 Å². The molecule has 1 heterocycles. The number of sulfonamides is 1. The molecular formula is C14H22N2O3S. The number of hydrogen-bond donors (Lipinski definition) is 1. The van der Waals surface area contributed by atoms with E-state index in [1.165, 1.54) is 0 Å². The third-order valence-electron chi connectivity index (χ3n) is 3.57. The number of nitrogens with one attached hydrogen (secondary N) is 1. The van der Waals surface area contributed by atoms with Gasteiger partial charge >= 0.3 is 0 Å². The molecule has 112 valence electrons. The van der Waals surface area contributed by atoms with Gasteiger partial charge in [-0.25, -0.2) is 13.1 Å². The van der Waals surface area contributed by atoms with E-state index in [2.05, 4.69) is 9.62 Å². The van der Waals surface area contributed by atoms with Crippen LogP contribution in [0.2, 0.25) is 0 Å². The summed E-state index contributed by atoms with van der Waals surface area (Å²) in [6.07, 6.45) is 0. The van der Waals surface area contributed by atoms with E-state index in [-0.39, 0.29) is 6.04 Å². The van der Waals surface area contributed by atoms with Crippen LogP contribution in [0.3, 0.4) is 0 Å². The lowest BCUT2D eigenvalue weighted by atomic mass is 10.2. The highest BCUT2D eigenvalue weighted by molar-refractivity contribution is 7.89. The zero-order valence-electron chi connectivity index (χ0n) is 12.0. The number of aryl methyl sites for hydroxylation is 1. The summed E-state index contributed by atoms with van der Waals surface area (Å²) in [6, 6.07) is 7.05. The summed E-state index contributed by atoms with van der Waals surface area (Å²) in [5.74, 6) is 0. The molecule has 0 amide bonds. The van der Waals surface area contributed by atoms with Crippen LogP contribution in [0.25, 0.3) is 0 Å². The largest absolute Gasteiger partial charge is 0.379 e. The van der Waals surface area contributed by atoms with Crippen LogP contribution in [0.15, 0.2) is 29.2 Å². The second-order valence-electron chi connectivity index (χ2n) is 5.16. The minimum Gasteiger partial charge on any atom is -0.379 e. The van der Waals surface area contributed by atoms with Gasteiger partial charge in [0, 0.05) is 25.7 Å². The Balaban J connectivity index is 1.93. The number of nitrogens with zero attached hydrogens (tertiary/aromatic N) is 1. The predicted octanol–water partition coefficient (Wildman–Crippen LogP) is 0.994. The fourth-order valence-corrected chi connectivity index (χ4v) is 3.30. The molecule has 2 rings (SSSR count). The smallest absolute Gasteiger partial charge is 0.240 e. The molecule has 6 heteroatoms. The third kappa shape index (κ3) is 4.02. The lowest BCUT2D eigenvalue weighted by Crippen LogP contribution is -2.47. The van der Waals surface area contributed by atoms with Gasteiger partial charge in [-0.2, -0.15) is 0 Å². The number of benzene rings is 1. The molecule has 1 aromatic rings. The average Bonchev–Trinajstić information content (AvgIpc) is 2.46. The van der Waals surface area contributed by atoms with Crippen LogP contribution in [-0.2, 0) is 14.8 Å². The van der Waals surface area contributed by atoms with Gasteiger partial charge in [-0.3, -0.25) is 4.90 Å². The summed E-state index contributed by atoms with van der Waals surface area (Å²) >= 11 is 0. The van der Waals surface area contributed by atoms with E-state index < -0.39 is 10.0 Å². The monoisotopic (exact) mass is 298 g/mol. The standard InChI is InChI=1S/C14H22N2O3S/c1-12-3-5-14(6-4-12)20(17,18)15-11-13(2)16-7-9-19-10-8-16/h3-6,13,15H,7-11H2,1-2H3/t13-/m0/s1. The molecule has 1 saturated heterocycles. The normalized spacial score (nSPS) is 18.9. The van der Waals surface area contributed by atoms with Gasteiger partial charge in [0.2, 0.25) is 10.0 Å². The van der Waals surface area contributed by atoms with Gasteiger partial charge < -0.3 is 4.74 Å². The van der Waals surface area contributed by atoms with Crippen molar-refractivity contribution in [3.8, 4) is 0 Å². The Morgan fingerprint density at radius 1 is 1.25 bits per heavy atom. The van der Waals surface area contributed by atoms with Gasteiger partial charge in [0.25, 0.3) is 0 Å². The molecule has 1 fully saturated rings. The minimum atomic E-state index is -3.42. The Bertz CT molecular complexity index is 522. The Kier molecular flexibility index (Phi) is 5.15. The Morgan fingerprint density at radius 2 is 1.85 bits per heavy atom. The lowest BCUT2D eigenvalue weighted by Gasteiger charge is -2.32. The molecule has 5 nitrogen and oxygen atoms in total. The zero-order valence-corrected chi connectivity index (χ0v) is 12.8. The first-order chi connectivity index (χ1) is 9.49. The number of hydrogen-bond acceptors (Lipinski definition) is 4. The van der Waals surface area contributed by atoms with E-state index in [9.17, 15) is 8.42 Å². The third-order valence-corrected chi connectivity index (χ3v) is 5.01. The highest BCUT2D eigenvalue weighted by Gasteiger charge is 2.20. The molecule has 1 aliphatic rings. The molecule has 0 bridgehead atoms. The summed E-state index contributed by atoms with van der Waals surface area (Å²) in [5, 5.41) is 0. The maximum atomic E-state index is 12.2. The van der Waals surface area contributed by atoms with Crippen molar-refractivity contribution in [2.45, 2.75) is 24.8 Å². The maximum absolute atomic E-state index is 12.2. The molecule has 1 N–H and O–H groups in total. The molecule has 0 aliphatic carbocycles. The molecule has 0 aromatic heterocycles. The average molecular weight is 298 g/mol. The Labute approximate surface area is 121 Å². The van der Waals surface area contributed by atoms with Gasteiger partial charge in [0.05, 0.1) is 18.1 Å². The van der Waals surface area contributed by atoms with Crippen LogP contribution in [0, 0.1) is 6.92 Å². The van der Waals surface area contributed by atoms with E-state index >= 15 is 0 Å². The van der Waals surface area contributed by atoms with E-state index in [1.54, 1.807) is 24.3 Å². The summed E-state index contributed by atoms with van der Waals surface area (Å²) in [5.41, 5.74) is 1.05. The van der Waals surface area contributed by atoms with Crippen LogP contribution in [0.4, 0.5) is 0 Å². The van der Waals surface area contributed by atoms with Crippen molar-refractivity contribution in [3.05, 3.63) is 29.8 Å². The number of rotatable bonds is 5. The predicted molar refractivity (Wildman–Crippen MR) is 78.2 cm³/mol. The highest BCUT2D eigenvalue weighted by Crippen LogP contribution is 2.10. The van der Waals surface area contributed by atoms with Crippen molar-refractivity contribution < 1.29 is 13.2 Å². The molecule has 1 aliphatic heterocycles. The topological polar surface area (TPSA) is 58.6 Å². The molecule has 0 unspecified atom stereocenters. The molecule has 0 radical (unpaired) electrons. The van der Waals surface area contributed by atoms with E-state index in [4.69, 9.17) is 4.74 Å². The summed E-state index contributed by atoms with van der Waals surface area (Å²) in [7, 11) is -3.42. The molecule has 0 spiro atoms. The van der Waals surface area contributed by atoms with Crippen LogP contribution in [0.1, 0.15) is 12.5 Å². The molecule has 1 aromatic carbocycles. The SMILES string of the molecule is Cc1ccc(S(=O)(=O)NC[C@H](C)N2CCOCC2)cc1. The second kappa shape index (κ2) is 6.67. The van der Waals surface area contributed by atoms with Crippen LogP contribution < -0.4 is 4.72 Å². The van der Waals surface area contributed by atoms with Crippen LogP contribution in [0.5, 0.6) is 0 Å². The van der Waals surface area contributed by atoms with Gasteiger partial charge in [-0.1, -0.05) is 17.7 Å². The van der Waals surface area contributed by atoms with E-state index in [0.717, 1.165) is 31.9 Å². The van der Waals surface area contributed by atoms with Crippen LogP contribution in [-0.4, -0.2) is 52.2 Å². The van der Waals surface area contributed by atoms with Crippen LogP contribution >= 0.6 is 0 Å². The summed E-state index contributed by atoms with van der Waals surface area (Å²) < 4.78 is 32.3. The van der Waals surface area contributed by atoms with Gasteiger partial charge in [-0.15, -0.1) is 0 Å². The number of ether oxygens (including phenoxy) is 1. The van der Waals surface area contributed by atoms with Crippen molar-refractivity contribution >= 4 is 10.0 Å². The highest BCUT2D eigenvalue weighted by atomic mass is 32.2. The first-order valence-electron chi connectivity index (χ1n) is 6.87. The summed E-state index contributed by atoms with van der Waals surface area (Å²) in [6.45, 7) is 7.52. The van der Waals surface area contributed by atoms with Crippen molar-refractivity contribution in [2.24, 2.45) is 0 Å². The van der Waals surface area contributed by atoms with Crippen molar-refractivity contribution in [1.29, 1.82) is 0 Å². The minimum absolute atomic E-state index is 0.166. The van der Waals surface area contributed by atoms with E-state index in [0.29, 0.717) is 11.4 Å². The van der Waals surface area contributed by atoms with Crippen molar-refractivity contribution in [3.63, 3.8) is 0 Å². The van der Waals surface area contributed by atoms with Gasteiger partial charge in [0.1, 0.15) is 0 Å². The lowest BCUT2D eigenvalue weighted by molar-refractivity contribution is 0.0213. The molecule has 0 saturated carbocycles. The Morgan fingerprint density at radius 3 is 2.45 bits per heavy atom. The van der Waals surface area contributed by atoms with E-state index in [1.807, 2.05) is 13.8 Å². The molecule has 20 heavy (non-hydrogen) atoms. The quantitative estimate of drug-likeness (QED) is 0.881. The first-order valence-corrected chi connectivity index (χ1v) is 8.35. The fourth-order valence-electron chi connectivity index (χ4n) is 2.18. The number of morpholine rings is 1. The Hall–Kier alpha value is -0.950. The van der Waals surface area contributed by atoms with Gasteiger partial charge in [0.15, 0.2) is 0 Å². The second-order valence-corrected chi connectivity index (χ2v) is 6.93. The molecular weight excluding hydrogens is 276 g/mol. The fraction of sp³-hybridized carbons (Fsp3) is 0.571. The zero-order chi connectivity index (χ0) is 14.6. The molecule has 1 atom stereocenters. The maximum Gasteiger partial charge on any atom is 0.240 e. The first kappa shape index (κ1) is 15.4.